The topological polar surface area (TPSA) is 81.1 Å². The largest absolute Gasteiger partial charge is 0.344 e. The van der Waals surface area contributed by atoms with Gasteiger partial charge in [0.15, 0.2) is 9.84 Å². The van der Waals surface area contributed by atoms with Gasteiger partial charge in [-0.25, -0.2) is 13.4 Å². The summed E-state index contributed by atoms with van der Waals surface area (Å²) in [6.45, 7) is 1.84. The van der Waals surface area contributed by atoms with Gasteiger partial charge in [0.05, 0.1) is 23.5 Å². The van der Waals surface area contributed by atoms with Crippen molar-refractivity contribution < 1.29 is 13.2 Å². The number of rotatable bonds is 5. The first-order chi connectivity index (χ1) is 12.4. The maximum Gasteiger partial charge on any atom is 0.270 e. The highest BCUT2D eigenvalue weighted by Crippen LogP contribution is 2.17. The van der Waals surface area contributed by atoms with E-state index in [0.717, 1.165) is 17.5 Å². The number of carbonyl (C=O) groups excluding carboxylic acids is 1. The molecule has 0 bridgehead atoms. The van der Waals surface area contributed by atoms with Crippen molar-refractivity contribution in [2.75, 3.05) is 6.26 Å². The van der Waals surface area contributed by atoms with Crippen LogP contribution < -0.4 is 5.32 Å². The summed E-state index contributed by atoms with van der Waals surface area (Å²) in [5.74, 6) is -0.258. The minimum absolute atomic E-state index is 0.252. The molecule has 7 heteroatoms. The van der Waals surface area contributed by atoms with Gasteiger partial charge < -0.3 is 5.32 Å². The lowest BCUT2D eigenvalue weighted by Gasteiger charge is -2.15. The van der Waals surface area contributed by atoms with Crippen molar-refractivity contribution in [3.05, 3.63) is 78.4 Å². The van der Waals surface area contributed by atoms with Gasteiger partial charge in [-0.15, -0.1) is 0 Å². The Kier molecular flexibility index (Phi) is 4.90. The summed E-state index contributed by atoms with van der Waals surface area (Å²) in [6.07, 6.45) is 4.27. The van der Waals surface area contributed by atoms with Crippen LogP contribution in [0.15, 0.2) is 72.0 Å². The lowest BCUT2D eigenvalue weighted by atomic mass is 10.1. The summed E-state index contributed by atoms with van der Waals surface area (Å²) in [7, 11) is -3.24. The number of hydrogen-bond acceptors (Lipinski definition) is 4. The number of carbonyl (C=O) groups is 1. The fourth-order valence-corrected chi connectivity index (χ4v) is 3.25. The number of benzene rings is 2. The summed E-state index contributed by atoms with van der Waals surface area (Å²) in [5, 5.41) is 2.92. The Morgan fingerprint density at radius 3 is 2.35 bits per heavy atom. The molecule has 1 amide bonds. The quantitative estimate of drug-likeness (QED) is 0.750. The number of amides is 1. The second-order valence-electron chi connectivity index (χ2n) is 6.02. The summed E-state index contributed by atoms with van der Waals surface area (Å²) in [4.78, 5) is 17.0. The molecule has 0 aliphatic rings. The average molecular weight is 369 g/mol. The van der Waals surface area contributed by atoms with Gasteiger partial charge in [-0.2, -0.15) is 0 Å². The van der Waals surface area contributed by atoms with E-state index in [1.165, 1.54) is 6.20 Å². The van der Waals surface area contributed by atoms with Crippen LogP contribution in [0.25, 0.3) is 5.69 Å². The SMILES string of the molecule is CC(NC(=O)c1cncn1-c1ccccc1)c1ccc(S(C)(=O)=O)cc1. The zero-order valence-corrected chi connectivity index (χ0v) is 15.3. The lowest BCUT2D eigenvalue weighted by molar-refractivity contribution is 0.0933. The standard InChI is InChI=1S/C19H19N3O3S/c1-14(15-8-10-17(11-9-15)26(2,24)25)21-19(23)18-12-20-13-22(18)16-6-4-3-5-7-16/h3-14H,1-2H3,(H,21,23). The molecule has 0 saturated heterocycles. The number of aromatic nitrogens is 2. The first-order valence-electron chi connectivity index (χ1n) is 8.05. The molecule has 0 radical (unpaired) electrons. The van der Waals surface area contributed by atoms with E-state index in [1.807, 2.05) is 37.3 Å². The van der Waals surface area contributed by atoms with Gasteiger partial charge in [0.25, 0.3) is 5.91 Å². The van der Waals surface area contributed by atoms with Crippen molar-refractivity contribution in [1.82, 2.24) is 14.9 Å². The van der Waals surface area contributed by atoms with E-state index in [1.54, 1.807) is 35.2 Å². The second kappa shape index (κ2) is 7.13. The third-order valence-corrected chi connectivity index (χ3v) is 5.19. The van der Waals surface area contributed by atoms with Crippen molar-refractivity contribution in [2.24, 2.45) is 0 Å². The Hall–Kier alpha value is -2.93. The second-order valence-corrected chi connectivity index (χ2v) is 8.04. The van der Waals surface area contributed by atoms with E-state index in [-0.39, 0.29) is 16.8 Å². The number of hydrogen-bond donors (Lipinski definition) is 1. The van der Waals surface area contributed by atoms with E-state index in [9.17, 15) is 13.2 Å². The first kappa shape index (κ1) is 17.9. The molecule has 0 spiro atoms. The van der Waals surface area contributed by atoms with Crippen molar-refractivity contribution in [3.8, 4) is 5.69 Å². The molecule has 1 heterocycles. The van der Waals surface area contributed by atoms with E-state index in [4.69, 9.17) is 0 Å². The molecule has 26 heavy (non-hydrogen) atoms. The Morgan fingerprint density at radius 2 is 1.73 bits per heavy atom. The molecular weight excluding hydrogens is 350 g/mol. The molecule has 1 unspecified atom stereocenters. The van der Waals surface area contributed by atoms with Crippen LogP contribution in [-0.4, -0.2) is 30.1 Å². The molecule has 0 aliphatic heterocycles. The van der Waals surface area contributed by atoms with E-state index in [0.29, 0.717) is 5.69 Å². The third-order valence-electron chi connectivity index (χ3n) is 4.06. The van der Waals surface area contributed by atoms with Crippen LogP contribution in [0.4, 0.5) is 0 Å². The van der Waals surface area contributed by atoms with Crippen LogP contribution in [0.2, 0.25) is 0 Å². The van der Waals surface area contributed by atoms with Gasteiger partial charge in [-0.1, -0.05) is 30.3 Å². The predicted octanol–water partition coefficient (Wildman–Crippen LogP) is 2.77. The highest BCUT2D eigenvalue weighted by Gasteiger charge is 2.17. The van der Waals surface area contributed by atoms with Gasteiger partial charge >= 0.3 is 0 Å². The molecule has 1 aromatic heterocycles. The molecule has 134 valence electrons. The smallest absolute Gasteiger partial charge is 0.270 e. The normalized spacial score (nSPS) is 12.5. The van der Waals surface area contributed by atoms with Crippen LogP contribution in [0.1, 0.15) is 29.0 Å². The molecule has 3 aromatic rings. The maximum atomic E-state index is 12.6. The summed E-state index contributed by atoms with van der Waals surface area (Å²) in [5.41, 5.74) is 2.09. The molecule has 0 fully saturated rings. The van der Waals surface area contributed by atoms with Crippen molar-refractivity contribution in [1.29, 1.82) is 0 Å². The number of nitrogens with one attached hydrogen (secondary N) is 1. The lowest BCUT2D eigenvalue weighted by Crippen LogP contribution is -2.28. The first-order valence-corrected chi connectivity index (χ1v) is 9.94. The Balaban J connectivity index is 1.78. The van der Waals surface area contributed by atoms with E-state index in [2.05, 4.69) is 10.3 Å². The Bertz CT molecular complexity index is 1010. The molecule has 2 aromatic carbocycles. The number of imidazole rings is 1. The van der Waals surface area contributed by atoms with E-state index >= 15 is 0 Å². The fourth-order valence-electron chi connectivity index (χ4n) is 2.61. The average Bonchev–Trinajstić information content (AvgIpc) is 3.11. The van der Waals surface area contributed by atoms with Crippen molar-refractivity contribution in [3.63, 3.8) is 0 Å². The van der Waals surface area contributed by atoms with Crippen LogP contribution in [-0.2, 0) is 9.84 Å². The summed E-state index contributed by atoms with van der Waals surface area (Å²) >= 11 is 0. The molecule has 0 aliphatic carbocycles. The minimum Gasteiger partial charge on any atom is -0.344 e. The highest BCUT2D eigenvalue weighted by atomic mass is 32.2. The van der Waals surface area contributed by atoms with Crippen LogP contribution in [0, 0.1) is 0 Å². The number of para-hydroxylation sites is 1. The summed E-state index contributed by atoms with van der Waals surface area (Å²) < 4.78 is 24.8. The summed E-state index contributed by atoms with van der Waals surface area (Å²) in [6, 6.07) is 15.7. The molecule has 3 rings (SSSR count). The predicted molar refractivity (Wildman–Crippen MR) is 99.0 cm³/mol. The molecule has 6 nitrogen and oxygen atoms in total. The fraction of sp³-hybridized carbons (Fsp3) is 0.158. The van der Waals surface area contributed by atoms with Gasteiger partial charge in [0.1, 0.15) is 5.69 Å². The highest BCUT2D eigenvalue weighted by molar-refractivity contribution is 7.90. The number of sulfone groups is 1. The van der Waals surface area contributed by atoms with E-state index < -0.39 is 9.84 Å². The zero-order chi connectivity index (χ0) is 18.7. The number of nitrogens with zero attached hydrogens (tertiary/aromatic N) is 2. The molecule has 0 saturated carbocycles. The third kappa shape index (κ3) is 3.83. The van der Waals surface area contributed by atoms with Gasteiger partial charge in [-0.05, 0) is 36.8 Å². The van der Waals surface area contributed by atoms with Crippen molar-refractivity contribution >= 4 is 15.7 Å². The maximum absolute atomic E-state index is 12.6. The molecule has 1 N–H and O–H groups in total. The minimum atomic E-state index is -3.24. The Morgan fingerprint density at radius 1 is 1.08 bits per heavy atom. The van der Waals surface area contributed by atoms with Gasteiger partial charge in [0, 0.05) is 11.9 Å². The van der Waals surface area contributed by atoms with Crippen LogP contribution in [0.5, 0.6) is 0 Å². The zero-order valence-electron chi connectivity index (χ0n) is 14.5. The molecule has 1 atom stereocenters. The molecular formula is C19H19N3O3S. The van der Waals surface area contributed by atoms with Crippen LogP contribution >= 0.6 is 0 Å². The van der Waals surface area contributed by atoms with Gasteiger partial charge in [0.2, 0.25) is 0 Å². The monoisotopic (exact) mass is 369 g/mol. The van der Waals surface area contributed by atoms with Crippen molar-refractivity contribution in [2.45, 2.75) is 17.9 Å². The van der Waals surface area contributed by atoms with Crippen LogP contribution in [0.3, 0.4) is 0 Å². The Labute approximate surface area is 152 Å². The van der Waals surface area contributed by atoms with Gasteiger partial charge in [-0.3, -0.25) is 9.36 Å².